The summed E-state index contributed by atoms with van der Waals surface area (Å²) in [6, 6.07) is 0. The summed E-state index contributed by atoms with van der Waals surface area (Å²) in [6.07, 6.45) is 5.32. The molecule has 0 atom stereocenters. The number of nitrogens with two attached hydrogens (primary N) is 1. The highest BCUT2D eigenvalue weighted by Gasteiger charge is 1.88. The van der Waals surface area contributed by atoms with E-state index in [-0.39, 0.29) is 18.6 Å². The number of allylic oxidation sites excluding steroid dienone is 2. The molecule has 2 nitrogen and oxygen atoms in total. The predicted molar refractivity (Wildman–Crippen MR) is 59.1 cm³/mol. The van der Waals surface area contributed by atoms with Crippen LogP contribution in [0.4, 0.5) is 0 Å². The van der Waals surface area contributed by atoms with Gasteiger partial charge in [-0.25, -0.2) is 0 Å². The van der Waals surface area contributed by atoms with Gasteiger partial charge in [0.15, 0.2) is 0 Å². The highest BCUT2D eigenvalue weighted by molar-refractivity contribution is 5.85. The molecule has 0 aromatic heterocycles. The lowest BCUT2D eigenvalue weighted by atomic mass is 10.1. The molecule has 5 N–H and O–H groups in total. The summed E-state index contributed by atoms with van der Waals surface area (Å²) in [7, 11) is 0. The van der Waals surface area contributed by atoms with E-state index in [2.05, 4.69) is 32.9 Å². The van der Waals surface area contributed by atoms with Crippen LogP contribution in [0.2, 0.25) is 0 Å². The van der Waals surface area contributed by atoms with E-state index in [4.69, 9.17) is 5.73 Å². The quantitative estimate of drug-likeness (QED) is 0.676. The van der Waals surface area contributed by atoms with Crippen LogP contribution in [0.15, 0.2) is 23.3 Å². The van der Waals surface area contributed by atoms with E-state index in [9.17, 15) is 0 Å². The molecule has 0 unspecified atom stereocenters. The molecule has 0 aromatic carbocycles. The van der Waals surface area contributed by atoms with Crippen LogP contribution in [0.5, 0.6) is 0 Å². The highest BCUT2D eigenvalue weighted by atomic mass is 35.5. The van der Waals surface area contributed by atoms with E-state index >= 15 is 0 Å². The van der Waals surface area contributed by atoms with E-state index in [1.165, 1.54) is 11.1 Å². The van der Waals surface area contributed by atoms with Crippen LogP contribution in [-0.4, -0.2) is 6.54 Å². The van der Waals surface area contributed by atoms with Crippen molar-refractivity contribution in [2.75, 3.05) is 6.54 Å². The van der Waals surface area contributed by atoms with Gasteiger partial charge >= 0.3 is 0 Å². The zero-order valence-corrected chi connectivity index (χ0v) is 9.08. The molecule has 0 aromatic rings. The molecule has 0 fully saturated rings. The third-order valence-electron chi connectivity index (χ3n) is 1.42. The maximum atomic E-state index is 5.51. The Morgan fingerprint density at radius 1 is 1.33 bits per heavy atom. The molecule has 0 radical (unpaired) electrons. The SMILES string of the molecule is CCC=CC(CN)=C(C)C.Cl.N. The number of halogens is 1. The lowest BCUT2D eigenvalue weighted by molar-refractivity contribution is 1.12. The summed E-state index contributed by atoms with van der Waals surface area (Å²) in [6.45, 7) is 6.94. The first-order chi connectivity index (χ1) is 4.72. The van der Waals surface area contributed by atoms with Gasteiger partial charge in [0.1, 0.15) is 0 Å². The van der Waals surface area contributed by atoms with Crippen molar-refractivity contribution < 1.29 is 0 Å². The van der Waals surface area contributed by atoms with Crippen LogP contribution < -0.4 is 11.9 Å². The zero-order valence-electron chi connectivity index (χ0n) is 8.26. The van der Waals surface area contributed by atoms with Gasteiger partial charge in [0.25, 0.3) is 0 Å². The first kappa shape index (κ1) is 17.7. The molecule has 0 aliphatic rings. The molecule has 0 aliphatic carbocycles. The summed E-state index contributed by atoms with van der Waals surface area (Å²) < 4.78 is 0. The van der Waals surface area contributed by atoms with Crippen molar-refractivity contribution in [3.63, 3.8) is 0 Å². The minimum Gasteiger partial charge on any atom is -0.344 e. The molecular formula is C9H21ClN2. The fourth-order valence-corrected chi connectivity index (χ4v) is 0.699. The topological polar surface area (TPSA) is 61.0 Å². The van der Waals surface area contributed by atoms with Crippen LogP contribution in [-0.2, 0) is 0 Å². The Kier molecular flexibility index (Phi) is 15.8. The van der Waals surface area contributed by atoms with Crippen LogP contribution in [0.3, 0.4) is 0 Å². The third kappa shape index (κ3) is 7.79. The largest absolute Gasteiger partial charge is 0.344 e. The average molecular weight is 193 g/mol. The van der Waals surface area contributed by atoms with E-state index in [0.717, 1.165) is 6.42 Å². The summed E-state index contributed by atoms with van der Waals surface area (Å²) in [4.78, 5) is 0. The molecule has 0 amide bonds. The van der Waals surface area contributed by atoms with Crippen molar-refractivity contribution in [2.45, 2.75) is 27.2 Å². The fraction of sp³-hybridized carbons (Fsp3) is 0.556. The normalized spacial score (nSPS) is 8.67. The van der Waals surface area contributed by atoms with Crippen molar-refractivity contribution in [3.8, 4) is 0 Å². The van der Waals surface area contributed by atoms with Crippen molar-refractivity contribution in [1.82, 2.24) is 6.15 Å². The lowest BCUT2D eigenvalue weighted by Gasteiger charge is -1.98. The third-order valence-corrected chi connectivity index (χ3v) is 1.42. The van der Waals surface area contributed by atoms with Gasteiger partial charge in [-0.2, -0.15) is 0 Å². The van der Waals surface area contributed by atoms with Crippen molar-refractivity contribution in [2.24, 2.45) is 5.73 Å². The number of rotatable bonds is 3. The van der Waals surface area contributed by atoms with E-state index in [1.54, 1.807) is 0 Å². The smallest absolute Gasteiger partial charge is 0.0177 e. The Labute approximate surface area is 81.9 Å². The molecule has 74 valence electrons. The molecule has 0 saturated carbocycles. The highest BCUT2D eigenvalue weighted by Crippen LogP contribution is 2.02. The van der Waals surface area contributed by atoms with E-state index < -0.39 is 0 Å². The van der Waals surface area contributed by atoms with Gasteiger partial charge in [-0.15, -0.1) is 12.4 Å². The van der Waals surface area contributed by atoms with Crippen molar-refractivity contribution >= 4 is 12.4 Å². The first-order valence-corrected chi connectivity index (χ1v) is 3.75. The molecule has 3 heteroatoms. The van der Waals surface area contributed by atoms with E-state index in [1.807, 2.05) is 0 Å². The van der Waals surface area contributed by atoms with Gasteiger partial charge in [-0.3, -0.25) is 0 Å². The Balaban J connectivity index is -0.000000405. The number of hydrogen-bond donors (Lipinski definition) is 2. The van der Waals surface area contributed by atoms with Crippen molar-refractivity contribution in [1.29, 1.82) is 0 Å². The minimum absolute atomic E-state index is 0. The van der Waals surface area contributed by atoms with Gasteiger partial charge in [-0.05, 0) is 25.8 Å². The Hall–Kier alpha value is -0.310. The predicted octanol–water partition coefficient (Wildman–Crippen LogP) is 2.83. The Morgan fingerprint density at radius 3 is 2.08 bits per heavy atom. The molecule has 0 rings (SSSR count). The van der Waals surface area contributed by atoms with E-state index in [0.29, 0.717) is 6.54 Å². The number of hydrogen-bond acceptors (Lipinski definition) is 2. The zero-order chi connectivity index (χ0) is 7.98. The van der Waals surface area contributed by atoms with Gasteiger partial charge in [-0.1, -0.05) is 24.6 Å². The van der Waals surface area contributed by atoms with Gasteiger partial charge < -0.3 is 11.9 Å². The molecule has 0 bridgehead atoms. The second kappa shape index (κ2) is 10.7. The van der Waals surface area contributed by atoms with Crippen LogP contribution in [0.25, 0.3) is 0 Å². The molecule has 12 heavy (non-hydrogen) atoms. The summed E-state index contributed by atoms with van der Waals surface area (Å²) in [5.74, 6) is 0. The fourth-order valence-electron chi connectivity index (χ4n) is 0.699. The van der Waals surface area contributed by atoms with Gasteiger partial charge in [0.05, 0.1) is 0 Å². The standard InChI is InChI=1S/C9H17N.ClH.H3N/c1-4-5-6-9(7-10)8(2)3;;/h5-6H,4,7,10H2,1-3H3;1H;1H3. The van der Waals surface area contributed by atoms with Crippen LogP contribution in [0.1, 0.15) is 27.2 Å². The molecule has 0 saturated heterocycles. The van der Waals surface area contributed by atoms with Gasteiger partial charge in [0, 0.05) is 6.54 Å². The molecular weight excluding hydrogens is 172 g/mol. The maximum absolute atomic E-state index is 5.51. The lowest BCUT2D eigenvalue weighted by Crippen LogP contribution is -2.02. The maximum Gasteiger partial charge on any atom is 0.0177 e. The van der Waals surface area contributed by atoms with Gasteiger partial charge in [0.2, 0.25) is 0 Å². The minimum atomic E-state index is 0. The monoisotopic (exact) mass is 192 g/mol. The van der Waals surface area contributed by atoms with Crippen molar-refractivity contribution in [3.05, 3.63) is 23.3 Å². The van der Waals surface area contributed by atoms with Crippen LogP contribution in [0, 0.1) is 0 Å². The first-order valence-electron chi connectivity index (χ1n) is 3.75. The molecule has 0 heterocycles. The van der Waals surface area contributed by atoms with Crippen LogP contribution >= 0.6 is 12.4 Å². The summed E-state index contributed by atoms with van der Waals surface area (Å²) in [5.41, 5.74) is 8.07. The second-order valence-corrected chi connectivity index (χ2v) is 2.54. The molecule has 0 spiro atoms. The Morgan fingerprint density at radius 2 is 1.83 bits per heavy atom. The second-order valence-electron chi connectivity index (χ2n) is 2.54. The average Bonchev–Trinajstić information content (AvgIpc) is 1.89. The summed E-state index contributed by atoms with van der Waals surface area (Å²) >= 11 is 0. The molecule has 0 aliphatic heterocycles. The summed E-state index contributed by atoms with van der Waals surface area (Å²) in [5, 5.41) is 0. The Bertz CT molecular complexity index is 147.